The summed E-state index contributed by atoms with van der Waals surface area (Å²) in [5.41, 5.74) is 17.3. The maximum Gasteiger partial charge on any atom is -1.00 e. The van der Waals surface area contributed by atoms with Gasteiger partial charge in [-0.1, -0.05) is 111 Å². The number of aryl methyl sites for hydroxylation is 3. The van der Waals surface area contributed by atoms with E-state index < -0.39 is 0 Å². The third-order valence-electron chi connectivity index (χ3n) is 9.37. The van der Waals surface area contributed by atoms with Gasteiger partial charge in [-0.3, -0.25) is 0 Å². The molecule has 6 rings (SSSR count). The molecule has 0 saturated carbocycles. The molecule has 0 aliphatic heterocycles. The van der Waals surface area contributed by atoms with E-state index in [0.717, 1.165) is 6.42 Å². The van der Waals surface area contributed by atoms with Crippen LogP contribution < -0.4 is 24.8 Å². The molecule has 0 radical (unpaired) electrons. The van der Waals surface area contributed by atoms with E-state index in [4.69, 9.17) is 0 Å². The fourth-order valence-corrected chi connectivity index (χ4v) is 6.86. The fraction of sp³-hybridized carbons (Fsp3) is 0.375. The number of rotatable bonds is 4. The third-order valence-corrected chi connectivity index (χ3v) is 10.8. The smallest absolute Gasteiger partial charge is 1.00 e. The molecule has 0 saturated heterocycles. The maximum absolute atomic E-state index is 3.67. The molecule has 0 N–H and O–H groups in total. The molecule has 0 heterocycles. The van der Waals surface area contributed by atoms with Crippen LogP contribution in [0.4, 0.5) is 0 Å². The number of hydrogen-bond acceptors (Lipinski definition) is 0. The van der Waals surface area contributed by atoms with E-state index in [0.29, 0.717) is 5.41 Å². The van der Waals surface area contributed by atoms with E-state index in [1.54, 1.807) is 0 Å². The summed E-state index contributed by atoms with van der Waals surface area (Å²) in [4.78, 5) is 0. The van der Waals surface area contributed by atoms with Crippen LogP contribution in [0, 0.1) is 19.9 Å². The molecule has 3 heteroatoms. The third kappa shape index (κ3) is 12.3. The van der Waals surface area contributed by atoms with Crippen LogP contribution in [0.2, 0.25) is 0 Å². The van der Waals surface area contributed by atoms with E-state index in [1.807, 2.05) is 0 Å². The van der Waals surface area contributed by atoms with Crippen LogP contribution in [0.1, 0.15) is 131 Å². The fourth-order valence-electron chi connectivity index (χ4n) is 6.04. The maximum atomic E-state index is 3.67. The van der Waals surface area contributed by atoms with Crippen LogP contribution in [-0.4, -0.2) is 3.21 Å². The second-order valence-corrected chi connectivity index (χ2v) is 18.2. The van der Waals surface area contributed by atoms with Crippen molar-refractivity contribution in [3.05, 3.63) is 159 Å². The van der Waals surface area contributed by atoms with Crippen molar-refractivity contribution in [2.45, 2.75) is 119 Å². The van der Waals surface area contributed by atoms with Crippen molar-refractivity contribution in [3.63, 3.8) is 0 Å². The summed E-state index contributed by atoms with van der Waals surface area (Å²) in [6.45, 7) is 26.9. The summed E-state index contributed by atoms with van der Waals surface area (Å²) in [6.07, 6.45) is 3.49. The van der Waals surface area contributed by atoms with E-state index in [1.165, 1.54) is 107 Å². The predicted molar refractivity (Wildman–Crippen MR) is 211 cm³/mol. The van der Waals surface area contributed by atoms with Gasteiger partial charge in [0.15, 0.2) is 0 Å². The molecule has 5 aromatic rings. The number of hydrogen-bond donors (Lipinski definition) is 0. The Kier molecular flexibility index (Phi) is 16.3. The quantitative estimate of drug-likeness (QED) is 0.174. The summed E-state index contributed by atoms with van der Waals surface area (Å²) in [6, 6.07) is 39.5. The molecule has 0 nitrogen and oxygen atoms in total. The van der Waals surface area contributed by atoms with Crippen molar-refractivity contribution >= 4 is 3.21 Å². The molecule has 1 aliphatic rings. The molecule has 0 bridgehead atoms. The number of fused-ring (bicyclic) bond motifs is 3. The number of benzene rings is 4. The Morgan fingerprint density at radius 2 is 1.16 bits per heavy atom. The Hall–Kier alpha value is -2.44. The molecule has 0 atom stereocenters. The zero-order chi connectivity index (χ0) is 36.1. The van der Waals surface area contributed by atoms with Gasteiger partial charge in [0.25, 0.3) is 0 Å². The minimum absolute atomic E-state index is 0. The zero-order valence-corrected chi connectivity index (χ0v) is 37.1. The first-order chi connectivity index (χ1) is 22.9. The Balaban J connectivity index is 0.000000270. The second kappa shape index (κ2) is 18.5. The monoisotopic (exact) mass is 794 g/mol. The first-order valence-electron chi connectivity index (χ1n) is 18.0. The van der Waals surface area contributed by atoms with Crippen molar-refractivity contribution in [1.82, 2.24) is 0 Å². The van der Waals surface area contributed by atoms with Gasteiger partial charge < -0.3 is 24.8 Å². The van der Waals surface area contributed by atoms with Gasteiger partial charge in [-0.05, 0) is 28.4 Å². The van der Waals surface area contributed by atoms with Crippen LogP contribution in [0.3, 0.4) is 0 Å². The predicted octanol–water partition coefficient (Wildman–Crippen LogP) is 6.74. The van der Waals surface area contributed by atoms with Crippen molar-refractivity contribution in [2.75, 3.05) is 0 Å². The summed E-state index contributed by atoms with van der Waals surface area (Å²) in [7, 11) is 0. The SMILES string of the molecule is CC(C)(C)c1[c-]c2c(cc1)-c1ccc(C(C)(C)C)cc1C2.CCCc1cc(C(C)(C)C)c[cH-]1.Cc1ccc([C](=[Zr+2])c2ccc(C)cc2)cc1.[Cl-].[Cl-]. The van der Waals surface area contributed by atoms with Crippen LogP contribution in [0.5, 0.6) is 0 Å². The largest absolute Gasteiger partial charge is 1.00 e. The Morgan fingerprint density at radius 1 is 0.647 bits per heavy atom. The molecule has 0 aromatic heterocycles. The zero-order valence-electron chi connectivity index (χ0n) is 33.1. The molecule has 1 aliphatic carbocycles. The molecule has 0 fully saturated rings. The summed E-state index contributed by atoms with van der Waals surface area (Å²) in [5.74, 6) is 0. The van der Waals surface area contributed by atoms with E-state index >= 15 is 0 Å². The molecule has 270 valence electrons. The molecule has 0 amide bonds. The summed E-state index contributed by atoms with van der Waals surface area (Å²) in [5, 5.41) is 0. The second-order valence-electron chi connectivity index (χ2n) is 16.9. The molecular formula is C48H58Cl2Zr-2. The number of halogens is 2. The van der Waals surface area contributed by atoms with Gasteiger partial charge in [0, 0.05) is 0 Å². The van der Waals surface area contributed by atoms with Gasteiger partial charge in [0.1, 0.15) is 0 Å². The van der Waals surface area contributed by atoms with Crippen LogP contribution >= 0.6 is 0 Å². The van der Waals surface area contributed by atoms with Gasteiger partial charge in [0.05, 0.1) is 0 Å². The average molecular weight is 797 g/mol. The topological polar surface area (TPSA) is 0 Å². The average Bonchev–Trinajstić information content (AvgIpc) is 3.66. The molecule has 5 aromatic carbocycles. The first kappa shape index (κ1) is 44.7. The van der Waals surface area contributed by atoms with Crippen molar-refractivity contribution in [1.29, 1.82) is 0 Å². The van der Waals surface area contributed by atoms with Crippen molar-refractivity contribution < 1.29 is 49.0 Å². The van der Waals surface area contributed by atoms with Crippen LogP contribution in [0.25, 0.3) is 11.1 Å². The van der Waals surface area contributed by atoms with E-state index in [-0.39, 0.29) is 35.6 Å². The van der Waals surface area contributed by atoms with Crippen molar-refractivity contribution in [3.8, 4) is 11.1 Å². The minimum atomic E-state index is 0. The Bertz CT molecular complexity index is 1740. The first-order valence-corrected chi connectivity index (χ1v) is 19.3. The van der Waals surface area contributed by atoms with Gasteiger partial charge in [-0.2, -0.15) is 47.0 Å². The summed E-state index contributed by atoms with van der Waals surface area (Å²) >= 11 is 1.46. The van der Waals surface area contributed by atoms with Gasteiger partial charge in [-0.15, -0.1) is 11.1 Å². The summed E-state index contributed by atoms with van der Waals surface area (Å²) < 4.78 is 1.42. The van der Waals surface area contributed by atoms with Crippen LogP contribution in [0.15, 0.2) is 97.1 Å². The van der Waals surface area contributed by atoms with E-state index in [9.17, 15) is 0 Å². The van der Waals surface area contributed by atoms with Crippen LogP contribution in [-0.2, 0) is 53.3 Å². The van der Waals surface area contributed by atoms with Gasteiger partial charge >= 0.3 is 112 Å². The Morgan fingerprint density at radius 3 is 1.61 bits per heavy atom. The molecule has 51 heavy (non-hydrogen) atoms. The molecule has 0 spiro atoms. The molecule has 0 unspecified atom stereocenters. The van der Waals surface area contributed by atoms with E-state index in [2.05, 4.69) is 186 Å². The van der Waals surface area contributed by atoms with Gasteiger partial charge in [0.2, 0.25) is 0 Å². The normalized spacial score (nSPS) is 11.8. The van der Waals surface area contributed by atoms with Crippen molar-refractivity contribution in [2.24, 2.45) is 0 Å². The molecular weight excluding hydrogens is 739 g/mol. The minimum Gasteiger partial charge on any atom is -1.00 e. The Labute approximate surface area is 338 Å². The standard InChI is InChI=1S/C21H25.C15H14.C12H19.2ClH.Zr/c1-20(2,3)16-7-9-18-14(12-16)11-15-13-17(21(4,5)6)8-10-19(15)18;1-12-3-7-14(8-4-12)11-15-9-5-13(2)6-10-15;1-5-6-10-7-8-11(9-10)12(2,3)4;;;/h7-10,12H,11H2,1-6H3;3-10H,1-2H3;7-9H,5-6H2,1-4H3;2*1H;/q-1;;-1;;;+2/p-2. The van der Waals surface area contributed by atoms with Gasteiger partial charge in [-0.25, -0.2) is 6.07 Å².